The van der Waals surface area contributed by atoms with E-state index in [2.05, 4.69) is 43.7 Å². The van der Waals surface area contributed by atoms with Crippen molar-refractivity contribution < 1.29 is 4.74 Å². The van der Waals surface area contributed by atoms with Crippen molar-refractivity contribution in [3.05, 3.63) is 42.3 Å². The number of rotatable bonds is 4. The average molecular weight is 350 g/mol. The van der Waals surface area contributed by atoms with Crippen LogP contribution in [0.25, 0.3) is 16.6 Å². The van der Waals surface area contributed by atoms with E-state index in [1.54, 1.807) is 12.4 Å². The van der Waals surface area contributed by atoms with E-state index in [9.17, 15) is 0 Å². The van der Waals surface area contributed by atoms with Gasteiger partial charge in [0.05, 0.1) is 24.9 Å². The Labute approximate surface area is 152 Å². The summed E-state index contributed by atoms with van der Waals surface area (Å²) in [6.07, 6.45) is 6.44. The summed E-state index contributed by atoms with van der Waals surface area (Å²) in [5.41, 5.74) is 3.09. The summed E-state index contributed by atoms with van der Waals surface area (Å²) in [5.74, 6) is 3.19. The fourth-order valence-electron chi connectivity index (χ4n) is 3.28. The van der Waals surface area contributed by atoms with Gasteiger partial charge in [0.1, 0.15) is 23.0 Å². The molecule has 0 spiro atoms. The van der Waals surface area contributed by atoms with Gasteiger partial charge in [0, 0.05) is 18.3 Å². The summed E-state index contributed by atoms with van der Waals surface area (Å²) in [6.45, 7) is 7.65. The first-order valence-electron chi connectivity index (χ1n) is 8.83. The van der Waals surface area contributed by atoms with Gasteiger partial charge in [-0.25, -0.2) is 19.9 Å². The molecule has 0 unspecified atom stereocenters. The highest BCUT2D eigenvalue weighted by Gasteiger charge is 2.13. The average Bonchev–Trinajstić information content (AvgIpc) is 2.98. The number of fused-ring (bicyclic) bond motifs is 1. The highest BCUT2D eigenvalue weighted by Crippen LogP contribution is 2.24. The van der Waals surface area contributed by atoms with Crippen LogP contribution in [-0.2, 0) is 4.74 Å². The van der Waals surface area contributed by atoms with Gasteiger partial charge in [-0.1, -0.05) is 6.08 Å². The van der Waals surface area contributed by atoms with Crippen LogP contribution in [0.1, 0.15) is 38.0 Å². The molecule has 1 aliphatic rings. The van der Waals surface area contributed by atoms with Gasteiger partial charge in [-0.05, 0) is 38.8 Å². The van der Waals surface area contributed by atoms with Crippen molar-refractivity contribution in [2.24, 2.45) is 0 Å². The molecule has 0 amide bonds. The van der Waals surface area contributed by atoms with E-state index in [1.807, 2.05) is 25.1 Å². The van der Waals surface area contributed by atoms with Gasteiger partial charge >= 0.3 is 0 Å². The molecule has 7 nitrogen and oxygen atoms in total. The van der Waals surface area contributed by atoms with Gasteiger partial charge in [-0.3, -0.25) is 0 Å². The monoisotopic (exact) mass is 350 g/mol. The second-order valence-electron chi connectivity index (χ2n) is 6.63. The number of nitrogens with one attached hydrogen (secondary N) is 1. The van der Waals surface area contributed by atoms with Crippen LogP contribution in [0.5, 0.6) is 0 Å². The second-order valence-corrected chi connectivity index (χ2v) is 6.63. The Morgan fingerprint density at radius 3 is 2.85 bits per heavy atom. The van der Waals surface area contributed by atoms with Crippen LogP contribution in [-0.4, -0.2) is 37.7 Å². The predicted molar refractivity (Wildman–Crippen MR) is 101 cm³/mol. The quantitative estimate of drug-likeness (QED) is 0.774. The third-order valence-corrected chi connectivity index (χ3v) is 4.43. The number of aromatic nitrogens is 5. The normalized spacial score (nSPS) is 14.7. The lowest BCUT2D eigenvalue weighted by Gasteiger charge is -2.13. The van der Waals surface area contributed by atoms with Crippen molar-refractivity contribution in [2.45, 2.75) is 33.2 Å². The first-order valence-corrected chi connectivity index (χ1v) is 8.83. The molecule has 1 N–H and O–H groups in total. The highest BCUT2D eigenvalue weighted by molar-refractivity contribution is 5.79. The lowest BCUT2D eigenvalue weighted by atomic mass is 10.1. The molecule has 0 aromatic carbocycles. The molecule has 1 aliphatic heterocycles. The summed E-state index contributed by atoms with van der Waals surface area (Å²) in [4.78, 5) is 18.1. The van der Waals surface area contributed by atoms with Crippen molar-refractivity contribution in [3.8, 4) is 0 Å². The minimum atomic E-state index is 0.335. The third-order valence-electron chi connectivity index (χ3n) is 4.43. The Balaban J connectivity index is 1.65. The molecule has 0 bridgehead atoms. The molecule has 7 heteroatoms. The van der Waals surface area contributed by atoms with Crippen LogP contribution in [0, 0.1) is 6.92 Å². The molecule has 3 aromatic heterocycles. The number of ether oxygens (including phenoxy) is 1. The molecule has 4 rings (SSSR count). The maximum Gasteiger partial charge on any atom is 0.157 e. The van der Waals surface area contributed by atoms with Gasteiger partial charge in [-0.15, -0.1) is 0 Å². The van der Waals surface area contributed by atoms with E-state index in [0.717, 1.165) is 46.3 Å². The molecule has 0 aliphatic carbocycles. The van der Waals surface area contributed by atoms with E-state index < -0.39 is 0 Å². The Bertz CT molecular complexity index is 975. The minimum Gasteiger partial charge on any atom is -0.377 e. The van der Waals surface area contributed by atoms with Gasteiger partial charge in [0.25, 0.3) is 0 Å². The Morgan fingerprint density at radius 2 is 2.08 bits per heavy atom. The largest absolute Gasteiger partial charge is 0.377 e. The maximum atomic E-state index is 5.35. The van der Waals surface area contributed by atoms with Gasteiger partial charge in [-0.2, -0.15) is 0 Å². The van der Waals surface area contributed by atoms with Crippen molar-refractivity contribution in [1.82, 2.24) is 24.5 Å². The minimum absolute atomic E-state index is 0.335. The molecule has 134 valence electrons. The molecule has 0 atom stereocenters. The first-order chi connectivity index (χ1) is 12.6. The van der Waals surface area contributed by atoms with E-state index in [4.69, 9.17) is 4.74 Å². The van der Waals surface area contributed by atoms with Gasteiger partial charge < -0.3 is 14.6 Å². The topological polar surface area (TPSA) is 77.8 Å². The second kappa shape index (κ2) is 6.84. The number of pyridine rings is 1. The molecule has 0 fully saturated rings. The van der Waals surface area contributed by atoms with Gasteiger partial charge in [0.2, 0.25) is 0 Å². The van der Waals surface area contributed by atoms with Crippen LogP contribution in [0.3, 0.4) is 0 Å². The maximum absolute atomic E-state index is 5.35. The molecular weight excluding hydrogens is 328 g/mol. The molecule has 0 saturated carbocycles. The lowest BCUT2D eigenvalue weighted by Crippen LogP contribution is -2.07. The fraction of sp³-hybridized carbons (Fsp3) is 0.368. The SMILES string of the molecule is Cc1nc2cnc(Nc3ccnc(C4=CCOCC4)n3)cc2n1C(C)C. The molecule has 26 heavy (non-hydrogen) atoms. The zero-order valence-electron chi connectivity index (χ0n) is 15.2. The highest BCUT2D eigenvalue weighted by atomic mass is 16.5. The molecule has 0 radical (unpaired) electrons. The smallest absolute Gasteiger partial charge is 0.157 e. The first kappa shape index (κ1) is 16.7. The molecular formula is C19H22N6O. The van der Waals surface area contributed by atoms with Crippen molar-refractivity contribution >= 4 is 28.2 Å². The Morgan fingerprint density at radius 1 is 1.19 bits per heavy atom. The van der Waals surface area contributed by atoms with Gasteiger partial charge in [0.15, 0.2) is 5.82 Å². The summed E-state index contributed by atoms with van der Waals surface area (Å²) >= 11 is 0. The molecule has 4 heterocycles. The third kappa shape index (κ3) is 3.17. The number of anilines is 2. The van der Waals surface area contributed by atoms with Crippen LogP contribution in [0.4, 0.5) is 11.6 Å². The number of aryl methyl sites for hydroxylation is 1. The van der Waals surface area contributed by atoms with E-state index >= 15 is 0 Å². The zero-order chi connectivity index (χ0) is 18.1. The van der Waals surface area contributed by atoms with Crippen molar-refractivity contribution in [2.75, 3.05) is 18.5 Å². The summed E-state index contributed by atoms with van der Waals surface area (Å²) < 4.78 is 7.56. The summed E-state index contributed by atoms with van der Waals surface area (Å²) in [7, 11) is 0. The van der Waals surface area contributed by atoms with E-state index in [-0.39, 0.29) is 0 Å². The molecule has 0 saturated heterocycles. The summed E-state index contributed by atoms with van der Waals surface area (Å²) in [5, 5.41) is 3.29. The number of nitrogens with zero attached hydrogens (tertiary/aromatic N) is 5. The van der Waals surface area contributed by atoms with E-state index in [1.165, 1.54) is 0 Å². The number of hydrogen-bond acceptors (Lipinski definition) is 6. The fourth-order valence-corrected chi connectivity index (χ4v) is 3.28. The van der Waals surface area contributed by atoms with E-state index in [0.29, 0.717) is 19.3 Å². The van der Waals surface area contributed by atoms with Crippen LogP contribution >= 0.6 is 0 Å². The summed E-state index contributed by atoms with van der Waals surface area (Å²) in [6, 6.07) is 4.20. The van der Waals surface area contributed by atoms with Crippen molar-refractivity contribution in [1.29, 1.82) is 0 Å². The Kier molecular flexibility index (Phi) is 4.38. The van der Waals surface area contributed by atoms with Crippen LogP contribution < -0.4 is 5.32 Å². The number of imidazole rings is 1. The Hall–Kier alpha value is -2.80. The zero-order valence-corrected chi connectivity index (χ0v) is 15.2. The van der Waals surface area contributed by atoms with Crippen molar-refractivity contribution in [3.63, 3.8) is 0 Å². The standard InChI is InChI=1S/C19H22N6O/c1-12(2)25-13(3)22-15-11-21-18(10-16(15)25)23-17-4-7-20-19(24-17)14-5-8-26-9-6-14/h4-5,7,10-12H,6,8-9H2,1-3H3,(H,20,21,23,24). The molecule has 3 aromatic rings. The number of hydrogen-bond donors (Lipinski definition) is 1. The van der Waals surface area contributed by atoms with Crippen LogP contribution in [0.2, 0.25) is 0 Å². The van der Waals surface area contributed by atoms with Crippen LogP contribution in [0.15, 0.2) is 30.6 Å². The lowest BCUT2D eigenvalue weighted by molar-refractivity contribution is 0.161. The predicted octanol–water partition coefficient (Wildman–Crippen LogP) is 3.66.